The standard InChI is InChI=1S/C10H9NO2S2/c1-11-5-7-3-2-4-8-10(7)9(6-14-8)15(11,12)13/h2-4,6H,5H2,1H3. The SMILES string of the molecule is CN1Cc2cccc3scc(c23)S1(=O)=O. The maximum absolute atomic E-state index is 12.0. The van der Waals surface area contributed by atoms with Crippen molar-refractivity contribution in [1.82, 2.24) is 4.31 Å². The molecule has 15 heavy (non-hydrogen) atoms. The highest BCUT2D eigenvalue weighted by molar-refractivity contribution is 7.89. The number of hydrogen-bond acceptors (Lipinski definition) is 3. The Morgan fingerprint density at radius 2 is 2.20 bits per heavy atom. The minimum Gasteiger partial charge on any atom is -0.207 e. The van der Waals surface area contributed by atoms with Gasteiger partial charge in [-0.25, -0.2) is 8.42 Å². The molecule has 1 aliphatic heterocycles. The van der Waals surface area contributed by atoms with Gasteiger partial charge in [0.15, 0.2) is 0 Å². The summed E-state index contributed by atoms with van der Waals surface area (Å²) in [7, 11) is -1.62. The van der Waals surface area contributed by atoms with Crippen LogP contribution in [0.2, 0.25) is 0 Å². The molecule has 0 spiro atoms. The van der Waals surface area contributed by atoms with E-state index < -0.39 is 10.0 Å². The van der Waals surface area contributed by atoms with Gasteiger partial charge in [0.25, 0.3) is 0 Å². The Balaban J connectivity index is 2.52. The fourth-order valence-electron chi connectivity index (χ4n) is 1.94. The first-order valence-corrected chi connectivity index (χ1v) is 6.88. The molecule has 5 heteroatoms. The Labute approximate surface area is 92.0 Å². The molecule has 78 valence electrons. The minimum atomic E-state index is -3.24. The number of benzene rings is 1. The molecule has 1 aromatic heterocycles. The van der Waals surface area contributed by atoms with E-state index in [1.54, 1.807) is 12.4 Å². The molecule has 0 fully saturated rings. The lowest BCUT2D eigenvalue weighted by Crippen LogP contribution is -2.29. The topological polar surface area (TPSA) is 37.4 Å². The molecule has 3 nitrogen and oxygen atoms in total. The van der Waals surface area contributed by atoms with E-state index in [9.17, 15) is 8.42 Å². The lowest BCUT2D eigenvalue weighted by molar-refractivity contribution is 0.463. The number of thiophene rings is 1. The lowest BCUT2D eigenvalue weighted by atomic mass is 10.1. The molecule has 0 N–H and O–H groups in total. The molecule has 0 bridgehead atoms. The van der Waals surface area contributed by atoms with Crippen molar-refractivity contribution in [3.05, 3.63) is 29.1 Å². The third-order valence-electron chi connectivity index (χ3n) is 2.73. The smallest absolute Gasteiger partial charge is 0.207 e. The highest BCUT2D eigenvalue weighted by Crippen LogP contribution is 2.37. The van der Waals surface area contributed by atoms with E-state index in [2.05, 4.69) is 0 Å². The van der Waals surface area contributed by atoms with Gasteiger partial charge in [-0.05, 0) is 11.6 Å². The van der Waals surface area contributed by atoms with Crippen molar-refractivity contribution >= 4 is 31.4 Å². The first kappa shape index (κ1) is 9.33. The van der Waals surface area contributed by atoms with Crippen LogP contribution in [-0.2, 0) is 16.6 Å². The Bertz CT molecular complexity index is 642. The van der Waals surface area contributed by atoms with Crippen molar-refractivity contribution in [1.29, 1.82) is 0 Å². The third-order valence-corrected chi connectivity index (χ3v) is 5.66. The van der Waals surface area contributed by atoms with E-state index in [4.69, 9.17) is 0 Å². The third kappa shape index (κ3) is 1.11. The number of hydrogen-bond donors (Lipinski definition) is 0. The number of nitrogens with zero attached hydrogens (tertiary/aromatic N) is 1. The Hall–Kier alpha value is -0.910. The summed E-state index contributed by atoms with van der Waals surface area (Å²) in [6, 6.07) is 5.93. The van der Waals surface area contributed by atoms with Crippen LogP contribution in [0.3, 0.4) is 0 Å². The molecule has 0 unspecified atom stereocenters. The summed E-state index contributed by atoms with van der Waals surface area (Å²) >= 11 is 1.49. The van der Waals surface area contributed by atoms with Crippen LogP contribution in [0, 0.1) is 0 Å². The fourth-order valence-corrected chi connectivity index (χ4v) is 4.65. The van der Waals surface area contributed by atoms with E-state index in [-0.39, 0.29) is 0 Å². The lowest BCUT2D eigenvalue weighted by Gasteiger charge is -2.22. The van der Waals surface area contributed by atoms with Gasteiger partial charge in [0.1, 0.15) is 4.90 Å². The normalized spacial score (nSPS) is 19.5. The van der Waals surface area contributed by atoms with E-state index >= 15 is 0 Å². The van der Waals surface area contributed by atoms with Crippen LogP contribution in [0.25, 0.3) is 10.1 Å². The predicted octanol–water partition coefficient (Wildman–Crippen LogP) is 2.04. The van der Waals surface area contributed by atoms with Gasteiger partial charge in [-0.3, -0.25) is 0 Å². The molecule has 0 saturated heterocycles. The second-order valence-corrected chi connectivity index (χ2v) is 6.58. The zero-order valence-electron chi connectivity index (χ0n) is 8.10. The molecule has 0 atom stereocenters. The van der Waals surface area contributed by atoms with Crippen molar-refractivity contribution in [2.75, 3.05) is 7.05 Å². The molecule has 1 aliphatic rings. The minimum absolute atomic E-state index is 0.465. The molecule has 2 heterocycles. The highest BCUT2D eigenvalue weighted by atomic mass is 32.2. The molecule has 0 saturated carbocycles. The first-order chi connectivity index (χ1) is 7.10. The summed E-state index contributed by atoms with van der Waals surface area (Å²) in [4.78, 5) is 0.465. The second kappa shape index (κ2) is 2.81. The van der Waals surface area contributed by atoms with Gasteiger partial charge in [0.05, 0.1) is 0 Å². The second-order valence-electron chi connectivity index (χ2n) is 3.65. The highest BCUT2D eigenvalue weighted by Gasteiger charge is 2.30. The molecule has 2 aromatic rings. The van der Waals surface area contributed by atoms with Gasteiger partial charge < -0.3 is 0 Å². The number of rotatable bonds is 0. The summed E-state index contributed by atoms with van der Waals surface area (Å²) < 4.78 is 26.4. The van der Waals surface area contributed by atoms with Crippen molar-refractivity contribution in [2.24, 2.45) is 0 Å². The summed E-state index contributed by atoms with van der Waals surface area (Å²) in [6.45, 7) is 0.476. The van der Waals surface area contributed by atoms with Crippen molar-refractivity contribution in [3.8, 4) is 0 Å². The van der Waals surface area contributed by atoms with Crippen LogP contribution in [0.1, 0.15) is 5.56 Å². The molecule has 3 rings (SSSR count). The summed E-state index contributed by atoms with van der Waals surface area (Å²) in [5.41, 5.74) is 1.10. The average Bonchev–Trinajstić information content (AvgIpc) is 2.61. The van der Waals surface area contributed by atoms with Crippen molar-refractivity contribution in [3.63, 3.8) is 0 Å². The summed E-state index contributed by atoms with van der Waals surface area (Å²) in [5, 5.41) is 2.65. The Morgan fingerprint density at radius 1 is 1.40 bits per heavy atom. The molecule has 1 aromatic carbocycles. The van der Waals surface area contributed by atoms with Crippen LogP contribution in [-0.4, -0.2) is 19.8 Å². The molecular weight excluding hydrogens is 230 g/mol. The Kier molecular flexibility index (Phi) is 1.75. The monoisotopic (exact) mass is 239 g/mol. The van der Waals surface area contributed by atoms with Crippen LogP contribution < -0.4 is 0 Å². The van der Waals surface area contributed by atoms with Gasteiger partial charge in [0.2, 0.25) is 10.0 Å². The molecule has 0 aliphatic carbocycles. The summed E-state index contributed by atoms with van der Waals surface area (Å²) in [5.74, 6) is 0. The van der Waals surface area contributed by atoms with Gasteiger partial charge in [-0.15, -0.1) is 11.3 Å². The van der Waals surface area contributed by atoms with Crippen molar-refractivity contribution < 1.29 is 8.42 Å². The van der Waals surface area contributed by atoms with Gasteiger partial charge >= 0.3 is 0 Å². The van der Waals surface area contributed by atoms with Crippen LogP contribution in [0.4, 0.5) is 0 Å². The van der Waals surface area contributed by atoms with Gasteiger partial charge in [0, 0.05) is 29.1 Å². The van der Waals surface area contributed by atoms with Crippen LogP contribution in [0.5, 0.6) is 0 Å². The first-order valence-electron chi connectivity index (χ1n) is 4.56. The quantitative estimate of drug-likeness (QED) is 0.705. The van der Waals surface area contributed by atoms with Crippen molar-refractivity contribution in [2.45, 2.75) is 11.4 Å². The number of sulfonamides is 1. The van der Waals surface area contributed by atoms with E-state index in [1.807, 2.05) is 18.2 Å². The van der Waals surface area contributed by atoms with Gasteiger partial charge in [-0.1, -0.05) is 12.1 Å². The fraction of sp³-hybridized carbons (Fsp3) is 0.200. The molecule has 0 radical (unpaired) electrons. The van der Waals surface area contributed by atoms with E-state index in [0.29, 0.717) is 11.4 Å². The largest absolute Gasteiger partial charge is 0.244 e. The zero-order chi connectivity index (χ0) is 10.6. The van der Waals surface area contributed by atoms with Crippen LogP contribution >= 0.6 is 11.3 Å². The average molecular weight is 239 g/mol. The molecule has 0 amide bonds. The summed E-state index contributed by atoms with van der Waals surface area (Å²) in [6.07, 6.45) is 0. The van der Waals surface area contributed by atoms with E-state index in [0.717, 1.165) is 15.6 Å². The Morgan fingerprint density at radius 3 is 3.00 bits per heavy atom. The van der Waals surface area contributed by atoms with Gasteiger partial charge in [-0.2, -0.15) is 4.31 Å². The molecular formula is C10H9NO2S2. The van der Waals surface area contributed by atoms with E-state index in [1.165, 1.54) is 15.6 Å². The predicted molar refractivity (Wildman–Crippen MR) is 60.5 cm³/mol. The maximum Gasteiger partial charge on any atom is 0.244 e. The zero-order valence-corrected chi connectivity index (χ0v) is 9.73. The van der Waals surface area contributed by atoms with Crippen LogP contribution in [0.15, 0.2) is 28.5 Å². The maximum atomic E-state index is 12.0.